The molecule has 16 heavy (non-hydrogen) atoms. The second-order valence-electron chi connectivity index (χ2n) is 4.84. The van der Waals surface area contributed by atoms with Crippen molar-refractivity contribution >= 4 is 15.9 Å². The number of nitrogens with one attached hydrogen (secondary N) is 1. The van der Waals surface area contributed by atoms with Crippen LogP contribution >= 0.6 is 15.9 Å². The summed E-state index contributed by atoms with van der Waals surface area (Å²) in [5.74, 6) is 1.08. The van der Waals surface area contributed by atoms with E-state index in [0.717, 1.165) is 12.1 Å². The zero-order chi connectivity index (χ0) is 11.7. The molecule has 88 valence electrons. The number of hydrogen-bond acceptors (Lipinski definition) is 1. The largest absolute Gasteiger partial charge is 0.314 e. The van der Waals surface area contributed by atoms with E-state index in [-0.39, 0.29) is 5.82 Å². The number of benzene rings is 1. The fourth-order valence-corrected chi connectivity index (χ4v) is 2.26. The molecule has 1 aliphatic rings. The summed E-state index contributed by atoms with van der Waals surface area (Å²) in [6, 6.07) is 6.01. The Labute approximate surface area is 105 Å². The van der Waals surface area contributed by atoms with Gasteiger partial charge in [-0.3, -0.25) is 0 Å². The van der Waals surface area contributed by atoms with Crippen molar-refractivity contribution in [2.75, 3.05) is 6.54 Å². The predicted octanol–water partition coefficient (Wildman–Crippen LogP) is 3.69. The summed E-state index contributed by atoms with van der Waals surface area (Å²) in [6.07, 6.45) is 1.18. The Hall–Kier alpha value is -0.410. The average Bonchev–Trinajstić information content (AvgIpc) is 2.98. The van der Waals surface area contributed by atoms with Gasteiger partial charge >= 0.3 is 0 Å². The topological polar surface area (TPSA) is 12.0 Å². The van der Waals surface area contributed by atoms with Crippen LogP contribution in [0.1, 0.15) is 31.7 Å². The first-order chi connectivity index (χ1) is 7.58. The van der Waals surface area contributed by atoms with E-state index >= 15 is 0 Å². The molecule has 0 aliphatic heterocycles. The van der Waals surface area contributed by atoms with Crippen LogP contribution in [0, 0.1) is 11.7 Å². The minimum Gasteiger partial charge on any atom is -0.314 e. The zero-order valence-electron chi connectivity index (χ0n) is 9.63. The number of rotatable bonds is 4. The molecule has 2 unspecified atom stereocenters. The maximum Gasteiger partial charge on any atom is 0.137 e. The van der Waals surface area contributed by atoms with Gasteiger partial charge in [0.2, 0.25) is 0 Å². The zero-order valence-corrected chi connectivity index (χ0v) is 11.2. The second kappa shape index (κ2) is 4.84. The fraction of sp³-hybridized carbons (Fsp3) is 0.538. The predicted molar refractivity (Wildman–Crippen MR) is 68.1 cm³/mol. The van der Waals surface area contributed by atoms with E-state index in [0.29, 0.717) is 22.4 Å². The van der Waals surface area contributed by atoms with Gasteiger partial charge in [0, 0.05) is 6.04 Å². The molecule has 0 amide bonds. The van der Waals surface area contributed by atoms with Gasteiger partial charge in [0.25, 0.3) is 0 Å². The summed E-state index contributed by atoms with van der Waals surface area (Å²) in [5.41, 5.74) is 1.14. The Morgan fingerprint density at radius 1 is 1.50 bits per heavy atom. The van der Waals surface area contributed by atoms with Crippen molar-refractivity contribution in [2.45, 2.75) is 32.2 Å². The van der Waals surface area contributed by atoms with Gasteiger partial charge in [-0.2, -0.15) is 0 Å². The smallest absolute Gasteiger partial charge is 0.137 e. The van der Waals surface area contributed by atoms with Crippen molar-refractivity contribution in [2.24, 2.45) is 5.92 Å². The van der Waals surface area contributed by atoms with Gasteiger partial charge in [0.1, 0.15) is 5.82 Å². The van der Waals surface area contributed by atoms with E-state index in [1.165, 1.54) is 6.42 Å². The van der Waals surface area contributed by atoms with E-state index < -0.39 is 0 Å². The molecule has 1 aliphatic carbocycles. The molecular weight excluding hydrogens is 269 g/mol. The third-order valence-electron chi connectivity index (χ3n) is 3.08. The van der Waals surface area contributed by atoms with E-state index in [4.69, 9.17) is 0 Å². The summed E-state index contributed by atoms with van der Waals surface area (Å²) in [5, 5.41) is 3.43. The van der Waals surface area contributed by atoms with Gasteiger partial charge in [-0.25, -0.2) is 4.39 Å². The molecule has 2 rings (SSSR count). The summed E-state index contributed by atoms with van der Waals surface area (Å²) in [7, 11) is 0. The van der Waals surface area contributed by atoms with Crippen LogP contribution in [0.5, 0.6) is 0 Å². The molecule has 0 spiro atoms. The summed E-state index contributed by atoms with van der Waals surface area (Å²) in [4.78, 5) is 0. The molecule has 1 aromatic carbocycles. The highest BCUT2D eigenvalue weighted by atomic mass is 79.9. The first-order valence-corrected chi connectivity index (χ1v) is 6.55. The third-order valence-corrected chi connectivity index (χ3v) is 3.73. The summed E-state index contributed by atoms with van der Waals surface area (Å²) in [6.45, 7) is 5.34. The molecule has 2 atom stereocenters. The van der Waals surface area contributed by atoms with Gasteiger partial charge in [-0.15, -0.1) is 0 Å². The summed E-state index contributed by atoms with van der Waals surface area (Å²) >= 11 is 3.18. The van der Waals surface area contributed by atoms with Gasteiger partial charge in [0.15, 0.2) is 0 Å². The Morgan fingerprint density at radius 2 is 2.25 bits per heavy atom. The molecular formula is C13H17BrFN. The second-order valence-corrected chi connectivity index (χ2v) is 5.69. The maximum atomic E-state index is 13.3. The van der Waals surface area contributed by atoms with Crippen LogP contribution in [0.4, 0.5) is 4.39 Å². The minimum absolute atomic E-state index is 0.153. The minimum atomic E-state index is -0.153. The molecule has 1 N–H and O–H groups in total. The maximum absolute atomic E-state index is 13.3. The molecule has 0 radical (unpaired) electrons. The molecule has 0 bridgehead atoms. The lowest BCUT2D eigenvalue weighted by atomic mass is 10.1. The lowest BCUT2D eigenvalue weighted by Crippen LogP contribution is -2.25. The van der Waals surface area contributed by atoms with E-state index in [1.807, 2.05) is 6.07 Å². The number of halogens is 2. The average molecular weight is 286 g/mol. The van der Waals surface area contributed by atoms with Crippen LogP contribution in [-0.2, 0) is 0 Å². The lowest BCUT2D eigenvalue weighted by Gasteiger charge is -2.07. The van der Waals surface area contributed by atoms with Gasteiger partial charge in [-0.1, -0.05) is 19.9 Å². The van der Waals surface area contributed by atoms with Crippen molar-refractivity contribution in [3.8, 4) is 0 Å². The summed E-state index contributed by atoms with van der Waals surface area (Å²) < 4.78 is 13.9. The molecule has 0 saturated heterocycles. The number of hydrogen-bond donors (Lipinski definition) is 1. The first-order valence-electron chi connectivity index (χ1n) is 5.76. The van der Waals surface area contributed by atoms with Crippen LogP contribution in [0.25, 0.3) is 0 Å². The SMILES string of the molecule is CC(C)NCC1CC1c1ccc(Br)c(F)c1. The van der Waals surface area contributed by atoms with Gasteiger partial charge in [-0.05, 0) is 58.4 Å². The molecule has 0 heterocycles. The van der Waals surface area contributed by atoms with Crippen LogP contribution in [0.2, 0.25) is 0 Å². The van der Waals surface area contributed by atoms with Crippen LogP contribution in [-0.4, -0.2) is 12.6 Å². The molecule has 1 saturated carbocycles. The monoisotopic (exact) mass is 285 g/mol. The normalized spacial score (nSPS) is 23.8. The van der Waals surface area contributed by atoms with Crippen LogP contribution < -0.4 is 5.32 Å². The highest BCUT2D eigenvalue weighted by Crippen LogP contribution is 2.47. The highest BCUT2D eigenvalue weighted by Gasteiger charge is 2.38. The molecule has 1 aromatic rings. The van der Waals surface area contributed by atoms with Crippen LogP contribution in [0.3, 0.4) is 0 Å². The third kappa shape index (κ3) is 2.83. The Kier molecular flexibility index (Phi) is 3.65. The first kappa shape index (κ1) is 12.1. The quantitative estimate of drug-likeness (QED) is 0.890. The molecule has 1 nitrogen and oxygen atoms in total. The van der Waals surface area contributed by atoms with Crippen molar-refractivity contribution in [3.05, 3.63) is 34.1 Å². The molecule has 3 heteroatoms. The standard InChI is InChI=1S/C13H17BrFN/c1-8(2)16-7-10-5-11(10)9-3-4-12(14)13(15)6-9/h3-4,6,8,10-11,16H,5,7H2,1-2H3. The Morgan fingerprint density at radius 3 is 2.88 bits per heavy atom. The fourth-order valence-electron chi connectivity index (χ4n) is 2.01. The van der Waals surface area contributed by atoms with Crippen molar-refractivity contribution in [3.63, 3.8) is 0 Å². The van der Waals surface area contributed by atoms with Gasteiger partial charge in [0.05, 0.1) is 4.47 Å². The molecule has 0 aromatic heterocycles. The van der Waals surface area contributed by atoms with E-state index in [9.17, 15) is 4.39 Å². The van der Waals surface area contributed by atoms with E-state index in [1.54, 1.807) is 12.1 Å². The van der Waals surface area contributed by atoms with E-state index in [2.05, 4.69) is 35.1 Å². The molecule has 1 fully saturated rings. The van der Waals surface area contributed by atoms with Crippen molar-refractivity contribution in [1.82, 2.24) is 5.32 Å². The van der Waals surface area contributed by atoms with Crippen molar-refractivity contribution < 1.29 is 4.39 Å². The van der Waals surface area contributed by atoms with Crippen LogP contribution in [0.15, 0.2) is 22.7 Å². The van der Waals surface area contributed by atoms with Crippen molar-refractivity contribution in [1.29, 1.82) is 0 Å². The lowest BCUT2D eigenvalue weighted by molar-refractivity contribution is 0.554. The Balaban J connectivity index is 1.93. The van der Waals surface area contributed by atoms with Gasteiger partial charge < -0.3 is 5.32 Å². The highest BCUT2D eigenvalue weighted by molar-refractivity contribution is 9.10. The Bertz CT molecular complexity index is 378.